The number of benzene rings is 1. The van der Waals surface area contributed by atoms with Gasteiger partial charge in [-0.2, -0.15) is 0 Å². The lowest BCUT2D eigenvalue weighted by atomic mass is 10.2. The van der Waals surface area contributed by atoms with Crippen molar-refractivity contribution in [2.75, 3.05) is 31.5 Å². The predicted molar refractivity (Wildman–Crippen MR) is 77.0 cm³/mol. The van der Waals surface area contributed by atoms with Gasteiger partial charge in [0.05, 0.1) is 0 Å². The van der Waals surface area contributed by atoms with Crippen molar-refractivity contribution >= 4 is 33.4 Å². The van der Waals surface area contributed by atoms with Gasteiger partial charge in [-0.25, -0.2) is 0 Å². The first-order chi connectivity index (χ1) is 9.06. The number of carbonyl (C=O) groups is 2. The summed E-state index contributed by atoms with van der Waals surface area (Å²) in [5, 5.41) is 5.78. The van der Waals surface area contributed by atoms with Crippen molar-refractivity contribution in [2.45, 2.75) is 6.92 Å². The lowest BCUT2D eigenvalue weighted by Crippen LogP contribution is -2.49. The van der Waals surface area contributed by atoms with E-state index in [1.165, 1.54) is 0 Å². The number of nitrogens with zero attached hydrogens (tertiary/aromatic N) is 1. The van der Waals surface area contributed by atoms with E-state index in [4.69, 9.17) is 0 Å². The summed E-state index contributed by atoms with van der Waals surface area (Å²) in [6, 6.07) is 5.54. The van der Waals surface area contributed by atoms with Crippen LogP contribution >= 0.6 is 15.9 Å². The van der Waals surface area contributed by atoms with Crippen LogP contribution in [0.5, 0.6) is 0 Å². The fraction of sp³-hybridized carbons (Fsp3) is 0.385. The molecule has 19 heavy (non-hydrogen) atoms. The highest BCUT2D eigenvalue weighted by Crippen LogP contribution is 2.19. The van der Waals surface area contributed by atoms with Gasteiger partial charge >= 0.3 is 11.8 Å². The first kappa shape index (κ1) is 14.0. The molecule has 2 rings (SSSR count). The van der Waals surface area contributed by atoms with E-state index in [-0.39, 0.29) is 0 Å². The number of nitrogens with one attached hydrogen (secondary N) is 2. The fourth-order valence-corrected chi connectivity index (χ4v) is 2.61. The molecule has 0 aromatic heterocycles. The van der Waals surface area contributed by atoms with E-state index in [1.807, 2.05) is 19.1 Å². The van der Waals surface area contributed by atoms with Crippen LogP contribution in [0, 0.1) is 6.92 Å². The summed E-state index contributed by atoms with van der Waals surface area (Å²) >= 11 is 3.36. The quantitative estimate of drug-likeness (QED) is 0.761. The van der Waals surface area contributed by atoms with Gasteiger partial charge in [0.25, 0.3) is 0 Å². The van der Waals surface area contributed by atoms with Gasteiger partial charge in [-0.05, 0) is 30.7 Å². The molecule has 0 saturated carbocycles. The van der Waals surface area contributed by atoms with E-state index in [2.05, 4.69) is 26.6 Å². The number of carbonyl (C=O) groups excluding carboxylic acids is 2. The minimum atomic E-state index is -0.584. The van der Waals surface area contributed by atoms with Gasteiger partial charge in [-0.1, -0.05) is 15.9 Å². The summed E-state index contributed by atoms with van der Waals surface area (Å²) in [5.41, 5.74) is 1.64. The lowest BCUT2D eigenvalue weighted by molar-refractivity contribution is -0.143. The Kier molecular flexibility index (Phi) is 4.55. The van der Waals surface area contributed by atoms with Gasteiger partial charge < -0.3 is 15.5 Å². The average Bonchev–Trinajstić information content (AvgIpc) is 2.37. The SMILES string of the molecule is Cc1cc(Br)cc(NC(=O)C(=O)N2CCNCC2)c1. The molecular weight excluding hydrogens is 310 g/mol. The van der Waals surface area contributed by atoms with Crippen molar-refractivity contribution in [3.05, 3.63) is 28.2 Å². The maximum atomic E-state index is 11.9. The molecule has 5 nitrogen and oxygen atoms in total. The van der Waals surface area contributed by atoms with Gasteiger partial charge in [0.2, 0.25) is 0 Å². The maximum absolute atomic E-state index is 11.9. The molecule has 1 heterocycles. The second-order valence-corrected chi connectivity index (χ2v) is 5.43. The van der Waals surface area contributed by atoms with Crippen molar-refractivity contribution in [3.8, 4) is 0 Å². The summed E-state index contributed by atoms with van der Waals surface area (Å²) in [5.74, 6) is -1.06. The van der Waals surface area contributed by atoms with Crippen LogP contribution in [-0.4, -0.2) is 42.9 Å². The number of rotatable bonds is 1. The predicted octanol–water partition coefficient (Wildman–Crippen LogP) is 1.13. The van der Waals surface area contributed by atoms with Crippen molar-refractivity contribution in [1.29, 1.82) is 0 Å². The maximum Gasteiger partial charge on any atom is 0.313 e. The van der Waals surface area contributed by atoms with E-state index in [9.17, 15) is 9.59 Å². The van der Waals surface area contributed by atoms with E-state index < -0.39 is 11.8 Å². The molecule has 2 amide bonds. The summed E-state index contributed by atoms with van der Waals surface area (Å²) in [6.45, 7) is 4.54. The highest BCUT2D eigenvalue weighted by molar-refractivity contribution is 9.10. The zero-order valence-corrected chi connectivity index (χ0v) is 12.3. The molecule has 6 heteroatoms. The second-order valence-electron chi connectivity index (χ2n) is 4.51. The topological polar surface area (TPSA) is 61.4 Å². The molecule has 1 saturated heterocycles. The van der Waals surface area contributed by atoms with Crippen LogP contribution in [0.4, 0.5) is 5.69 Å². The molecule has 0 atom stereocenters. The molecule has 0 radical (unpaired) electrons. The molecule has 1 aliphatic heterocycles. The number of amides is 2. The molecule has 102 valence electrons. The van der Waals surface area contributed by atoms with Crippen LogP contribution in [0.25, 0.3) is 0 Å². The highest BCUT2D eigenvalue weighted by atomic mass is 79.9. The van der Waals surface area contributed by atoms with E-state index in [0.717, 1.165) is 23.1 Å². The Balaban J connectivity index is 2.01. The molecule has 1 aliphatic rings. The Labute approximate surface area is 120 Å². The smallest absolute Gasteiger partial charge is 0.313 e. The normalized spacial score (nSPS) is 15.2. The molecule has 0 aliphatic carbocycles. The standard InChI is InChI=1S/C13H16BrN3O2/c1-9-6-10(14)8-11(7-9)16-12(18)13(19)17-4-2-15-3-5-17/h6-8,15H,2-5H2,1H3,(H,16,18). The zero-order valence-electron chi connectivity index (χ0n) is 10.7. The lowest BCUT2D eigenvalue weighted by Gasteiger charge is -2.26. The third-order valence-corrected chi connectivity index (χ3v) is 3.36. The third kappa shape index (κ3) is 3.78. The number of hydrogen-bond donors (Lipinski definition) is 2. The first-order valence-electron chi connectivity index (χ1n) is 6.14. The molecule has 1 aromatic rings. The molecule has 0 bridgehead atoms. The fourth-order valence-electron chi connectivity index (χ4n) is 2.00. The average molecular weight is 326 g/mol. The number of hydrogen-bond acceptors (Lipinski definition) is 3. The third-order valence-electron chi connectivity index (χ3n) is 2.90. The zero-order chi connectivity index (χ0) is 13.8. The second kappa shape index (κ2) is 6.16. The number of anilines is 1. The molecule has 1 fully saturated rings. The molecular formula is C13H16BrN3O2. The molecule has 2 N–H and O–H groups in total. The van der Waals surface area contributed by atoms with Crippen LogP contribution in [0.3, 0.4) is 0 Å². The highest BCUT2D eigenvalue weighted by Gasteiger charge is 2.23. The van der Waals surface area contributed by atoms with Crippen molar-refractivity contribution in [3.63, 3.8) is 0 Å². The monoisotopic (exact) mass is 325 g/mol. The first-order valence-corrected chi connectivity index (χ1v) is 6.94. The summed E-state index contributed by atoms with van der Waals surface area (Å²) in [7, 11) is 0. The summed E-state index contributed by atoms with van der Waals surface area (Å²) in [4.78, 5) is 25.4. The van der Waals surface area contributed by atoms with Gasteiger partial charge in [-0.15, -0.1) is 0 Å². The minimum absolute atomic E-state index is 0.473. The van der Waals surface area contributed by atoms with E-state index in [0.29, 0.717) is 18.8 Å². The minimum Gasteiger partial charge on any atom is -0.332 e. The molecule has 1 aromatic carbocycles. The Morgan fingerprint density at radius 3 is 2.58 bits per heavy atom. The van der Waals surface area contributed by atoms with Gasteiger partial charge in [-0.3, -0.25) is 9.59 Å². The molecule has 0 unspecified atom stereocenters. The van der Waals surface area contributed by atoms with E-state index >= 15 is 0 Å². The Hall–Kier alpha value is -1.40. The molecule has 0 spiro atoms. The summed E-state index contributed by atoms with van der Waals surface area (Å²) in [6.07, 6.45) is 0. The van der Waals surface area contributed by atoms with Crippen LogP contribution in [0.15, 0.2) is 22.7 Å². The van der Waals surface area contributed by atoms with Crippen molar-refractivity contribution < 1.29 is 9.59 Å². The van der Waals surface area contributed by atoms with Crippen LogP contribution < -0.4 is 10.6 Å². The number of piperazine rings is 1. The van der Waals surface area contributed by atoms with Gasteiger partial charge in [0.15, 0.2) is 0 Å². The van der Waals surface area contributed by atoms with Crippen LogP contribution in [0.2, 0.25) is 0 Å². The van der Waals surface area contributed by atoms with E-state index in [1.54, 1.807) is 11.0 Å². The Morgan fingerprint density at radius 1 is 1.26 bits per heavy atom. The van der Waals surface area contributed by atoms with Crippen LogP contribution in [0.1, 0.15) is 5.56 Å². The Bertz CT molecular complexity index is 478. The van der Waals surface area contributed by atoms with Crippen molar-refractivity contribution in [1.82, 2.24) is 10.2 Å². The van der Waals surface area contributed by atoms with Gasteiger partial charge in [0, 0.05) is 36.3 Å². The van der Waals surface area contributed by atoms with Crippen LogP contribution in [-0.2, 0) is 9.59 Å². The van der Waals surface area contributed by atoms with Crippen molar-refractivity contribution in [2.24, 2.45) is 0 Å². The number of halogens is 1. The number of aryl methyl sites for hydroxylation is 1. The Morgan fingerprint density at radius 2 is 1.95 bits per heavy atom. The summed E-state index contributed by atoms with van der Waals surface area (Å²) < 4.78 is 0.873. The largest absolute Gasteiger partial charge is 0.332 e. The van der Waals surface area contributed by atoms with Gasteiger partial charge in [0.1, 0.15) is 0 Å².